The van der Waals surface area contributed by atoms with E-state index in [0.717, 1.165) is 5.56 Å². The van der Waals surface area contributed by atoms with Crippen LogP contribution in [0.2, 0.25) is 0 Å². The van der Waals surface area contributed by atoms with Gasteiger partial charge in [-0.2, -0.15) is 0 Å². The predicted molar refractivity (Wildman–Crippen MR) is 103 cm³/mol. The number of benzene rings is 2. The maximum atomic E-state index is 13.6. The molecular formula is C19H19FN4O2S. The summed E-state index contributed by atoms with van der Waals surface area (Å²) in [6.45, 7) is 4.07. The van der Waals surface area contributed by atoms with Crippen LogP contribution >= 0.6 is 0 Å². The second-order valence-corrected chi connectivity index (χ2v) is 7.92. The standard InChI is InChI=1S/C19H19FN4O2S/c1-13(2)14-7-9-15(10-8-14)27(25,26)24-19-12-11-18(22-23-19)21-17-6-4-3-5-16(17)20/h3-13H,1-2H3,(H,21,22)(H,23,24). The highest BCUT2D eigenvalue weighted by Gasteiger charge is 2.15. The first-order chi connectivity index (χ1) is 12.8. The maximum absolute atomic E-state index is 13.6. The van der Waals surface area contributed by atoms with Crippen molar-refractivity contribution in [3.8, 4) is 0 Å². The van der Waals surface area contributed by atoms with Gasteiger partial charge >= 0.3 is 0 Å². The SMILES string of the molecule is CC(C)c1ccc(S(=O)(=O)Nc2ccc(Nc3ccccc3F)nn2)cc1. The van der Waals surface area contributed by atoms with Gasteiger partial charge in [-0.15, -0.1) is 10.2 Å². The molecule has 3 rings (SSSR count). The van der Waals surface area contributed by atoms with Gasteiger partial charge < -0.3 is 5.32 Å². The summed E-state index contributed by atoms with van der Waals surface area (Å²) in [5.74, 6) is 0.260. The molecule has 8 heteroatoms. The van der Waals surface area contributed by atoms with Gasteiger partial charge in [0.25, 0.3) is 10.0 Å². The molecule has 0 fully saturated rings. The van der Waals surface area contributed by atoms with Gasteiger partial charge in [0.1, 0.15) is 5.82 Å². The first kappa shape index (κ1) is 18.8. The fourth-order valence-electron chi connectivity index (χ4n) is 2.38. The van der Waals surface area contributed by atoms with Crippen LogP contribution in [-0.2, 0) is 10.0 Å². The zero-order chi connectivity index (χ0) is 19.4. The van der Waals surface area contributed by atoms with E-state index in [9.17, 15) is 12.8 Å². The minimum atomic E-state index is -3.77. The first-order valence-electron chi connectivity index (χ1n) is 8.33. The number of nitrogens with zero attached hydrogens (tertiary/aromatic N) is 2. The Labute approximate surface area is 157 Å². The molecule has 0 spiro atoms. The number of nitrogens with one attached hydrogen (secondary N) is 2. The molecule has 0 bridgehead atoms. The van der Waals surface area contributed by atoms with Crippen molar-refractivity contribution in [3.63, 3.8) is 0 Å². The number of rotatable bonds is 6. The Morgan fingerprint density at radius 3 is 2.11 bits per heavy atom. The highest BCUT2D eigenvalue weighted by molar-refractivity contribution is 7.92. The van der Waals surface area contributed by atoms with Crippen molar-refractivity contribution in [3.05, 3.63) is 72.0 Å². The molecule has 6 nitrogen and oxygen atoms in total. The fourth-order valence-corrected chi connectivity index (χ4v) is 3.38. The summed E-state index contributed by atoms with van der Waals surface area (Å²) >= 11 is 0. The van der Waals surface area contributed by atoms with E-state index in [4.69, 9.17) is 0 Å². The third-order valence-electron chi connectivity index (χ3n) is 3.90. The van der Waals surface area contributed by atoms with E-state index in [1.807, 2.05) is 13.8 Å². The van der Waals surface area contributed by atoms with Crippen molar-refractivity contribution in [2.75, 3.05) is 10.0 Å². The second kappa shape index (κ2) is 7.71. The van der Waals surface area contributed by atoms with Crippen LogP contribution in [0.1, 0.15) is 25.3 Å². The lowest BCUT2D eigenvalue weighted by Crippen LogP contribution is -2.14. The molecular weight excluding hydrogens is 367 g/mol. The summed E-state index contributed by atoms with van der Waals surface area (Å²) in [4.78, 5) is 0.141. The van der Waals surface area contributed by atoms with Gasteiger partial charge in [-0.3, -0.25) is 4.72 Å². The minimum Gasteiger partial charge on any atom is -0.336 e. The summed E-state index contributed by atoms with van der Waals surface area (Å²) in [6, 6.07) is 15.8. The van der Waals surface area contributed by atoms with Crippen LogP contribution < -0.4 is 10.0 Å². The molecule has 2 N–H and O–H groups in total. The fraction of sp³-hybridized carbons (Fsp3) is 0.158. The Bertz CT molecular complexity index is 1020. The van der Waals surface area contributed by atoms with Crippen molar-refractivity contribution in [2.45, 2.75) is 24.7 Å². The molecule has 0 atom stereocenters. The maximum Gasteiger partial charge on any atom is 0.263 e. The van der Waals surface area contributed by atoms with Crippen LogP contribution in [0.25, 0.3) is 0 Å². The average molecular weight is 386 g/mol. The molecule has 1 heterocycles. The van der Waals surface area contributed by atoms with Crippen LogP contribution in [0.3, 0.4) is 0 Å². The lowest BCUT2D eigenvalue weighted by molar-refractivity contribution is 0.601. The highest BCUT2D eigenvalue weighted by atomic mass is 32.2. The van der Waals surface area contributed by atoms with Crippen LogP contribution in [-0.4, -0.2) is 18.6 Å². The lowest BCUT2D eigenvalue weighted by atomic mass is 10.0. The molecule has 0 aliphatic rings. The van der Waals surface area contributed by atoms with Gasteiger partial charge in [-0.1, -0.05) is 38.1 Å². The number of anilines is 3. The van der Waals surface area contributed by atoms with Crippen molar-refractivity contribution in [2.24, 2.45) is 0 Å². The van der Waals surface area contributed by atoms with Crippen LogP contribution in [0.15, 0.2) is 65.6 Å². The summed E-state index contributed by atoms with van der Waals surface area (Å²) < 4.78 is 40.9. The zero-order valence-corrected chi connectivity index (χ0v) is 15.7. The Morgan fingerprint density at radius 2 is 1.52 bits per heavy atom. The molecule has 27 heavy (non-hydrogen) atoms. The topological polar surface area (TPSA) is 84.0 Å². The summed E-state index contributed by atoms with van der Waals surface area (Å²) in [5.41, 5.74) is 1.31. The molecule has 0 saturated carbocycles. The molecule has 0 unspecified atom stereocenters. The van der Waals surface area contributed by atoms with E-state index >= 15 is 0 Å². The van der Waals surface area contributed by atoms with E-state index in [2.05, 4.69) is 20.2 Å². The molecule has 0 saturated heterocycles. The van der Waals surface area contributed by atoms with E-state index < -0.39 is 15.8 Å². The normalized spacial score (nSPS) is 11.4. The molecule has 1 aromatic heterocycles. The molecule has 0 amide bonds. The van der Waals surface area contributed by atoms with Crippen molar-refractivity contribution >= 4 is 27.3 Å². The number of halogens is 1. The molecule has 3 aromatic rings. The van der Waals surface area contributed by atoms with Gasteiger partial charge in [-0.25, -0.2) is 12.8 Å². The first-order valence-corrected chi connectivity index (χ1v) is 9.81. The lowest BCUT2D eigenvalue weighted by Gasteiger charge is -2.10. The average Bonchev–Trinajstić information content (AvgIpc) is 2.65. The summed E-state index contributed by atoms with van der Waals surface area (Å²) in [7, 11) is -3.77. The second-order valence-electron chi connectivity index (χ2n) is 6.24. The minimum absolute atomic E-state index is 0.0713. The van der Waals surface area contributed by atoms with Crippen molar-refractivity contribution < 1.29 is 12.8 Å². The largest absolute Gasteiger partial charge is 0.336 e. The third kappa shape index (κ3) is 4.59. The smallest absolute Gasteiger partial charge is 0.263 e. The van der Waals surface area contributed by atoms with E-state index in [1.54, 1.807) is 42.5 Å². The van der Waals surface area contributed by atoms with Crippen LogP contribution in [0.5, 0.6) is 0 Å². The molecule has 0 aliphatic heterocycles. The Morgan fingerprint density at radius 1 is 0.889 bits per heavy atom. The molecule has 0 radical (unpaired) electrons. The number of para-hydroxylation sites is 1. The van der Waals surface area contributed by atoms with Gasteiger partial charge in [0.2, 0.25) is 0 Å². The number of aromatic nitrogens is 2. The summed E-state index contributed by atoms with van der Waals surface area (Å²) in [5, 5.41) is 10.5. The molecule has 0 aliphatic carbocycles. The quantitative estimate of drug-likeness (QED) is 0.660. The zero-order valence-electron chi connectivity index (χ0n) is 14.8. The molecule has 2 aromatic carbocycles. The monoisotopic (exact) mass is 386 g/mol. The Balaban J connectivity index is 1.72. The molecule has 140 valence electrons. The number of hydrogen-bond donors (Lipinski definition) is 2. The summed E-state index contributed by atoms with van der Waals surface area (Å²) in [6.07, 6.45) is 0. The third-order valence-corrected chi connectivity index (χ3v) is 5.27. The van der Waals surface area contributed by atoms with Crippen molar-refractivity contribution in [1.29, 1.82) is 0 Å². The van der Waals surface area contributed by atoms with Gasteiger partial charge in [0.15, 0.2) is 11.6 Å². The van der Waals surface area contributed by atoms with Gasteiger partial charge in [0.05, 0.1) is 10.6 Å². The number of hydrogen-bond acceptors (Lipinski definition) is 5. The number of sulfonamides is 1. The Kier molecular flexibility index (Phi) is 5.36. The van der Waals surface area contributed by atoms with E-state index in [-0.39, 0.29) is 16.4 Å². The van der Waals surface area contributed by atoms with Gasteiger partial charge in [-0.05, 0) is 47.9 Å². The van der Waals surface area contributed by atoms with E-state index in [0.29, 0.717) is 11.7 Å². The Hall–Kier alpha value is -3.00. The van der Waals surface area contributed by atoms with E-state index in [1.165, 1.54) is 18.2 Å². The van der Waals surface area contributed by atoms with Crippen LogP contribution in [0, 0.1) is 5.82 Å². The predicted octanol–water partition coefficient (Wildman–Crippen LogP) is 4.28. The highest BCUT2D eigenvalue weighted by Crippen LogP contribution is 2.21. The van der Waals surface area contributed by atoms with Crippen LogP contribution in [0.4, 0.5) is 21.7 Å². The van der Waals surface area contributed by atoms with Crippen molar-refractivity contribution in [1.82, 2.24) is 10.2 Å². The van der Waals surface area contributed by atoms with Gasteiger partial charge in [0, 0.05) is 0 Å².